The highest BCUT2D eigenvalue weighted by atomic mass is 14.7. The lowest BCUT2D eigenvalue weighted by Gasteiger charge is -2.30. The van der Waals surface area contributed by atoms with E-state index in [1.807, 2.05) is 0 Å². The summed E-state index contributed by atoms with van der Waals surface area (Å²) >= 11 is 0. The minimum absolute atomic E-state index is 0.395. The molecule has 1 heterocycles. The number of benzene rings is 10. The lowest BCUT2D eigenvalue weighted by atomic mass is 9.70. The van der Waals surface area contributed by atoms with Crippen LogP contribution in [0.3, 0.4) is 0 Å². The number of hydrogen-bond acceptors (Lipinski definition) is 1. The second-order valence-electron chi connectivity index (χ2n) is 18.0. The fourth-order valence-corrected chi connectivity index (χ4v) is 12.9. The fraction of sp³-hybridized carbons (Fsp3) is 0.0317. The molecule has 15 rings (SSSR count). The predicted octanol–water partition coefficient (Wildman–Crippen LogP) is 15.4. The molecule has 0 bridgehead atoms. The predicted molar refractivity (Wildman–Crippen MR) is 263 cm³/mol. The van der Waals surface area contributed by atoms with Gasteiger partial charge in [0, 0.05) is 16.3 Å². The van der Waals surface area contributed by atoms with Crippen LogP contribution in [-0.4, -0.2) is 4.98 Å². The molecule has 0 saturated heterocycles. The summed E-state index contributed by atoms with van der Waals surface area (Å²) in [7, 11) is 0. The number of aromatic nitrogens is 1. The molecule has 0 aliphatic heterocycles. The van der Waals surface area contributed by atoms with Crippen LogP contribution in [0.5, 0.6) is 0 Å². The van der Waals surface area contributed by atoms with E-state index >= 15 is 0 Å². The topological polar surface area (TPSA) is 12.9 Å². The molecule has 2 spiro atoms. The number of hydrogen-bond donors (Lipinski definition) is 0. The minimum Gasteiger partial charge on any atom is -0.247 e. The first-order chi connectivity index (χ1) is 31.7. The van der Waals surface area contributed by atoms with Crippen molar-refractivity contribution in [3.8, 4) is 66.9 Å². The van der Waals surface area contributed by atoms with Gasteiger partial charge in [0.2, 0.25) is 0 Å². The SMILES string of the molecule is c1cc(-c2ccc3c(c2)C2(c4ccccc4-c4ccccc42)c2ccccc2-3)cc(-c2nc3ccccc3c3cc4c(cc23)C2(c3ccccc3-c3ccccc32)c2ccccc2-4)c1. The first kappa shape index (κ1) is 34.5. The number of rotatable bonds is 2. The Morgan fingerprint density at radius 2 is 0.641 bits per heavy atom. The number of nitrogens with zero attached hydrogens (tertiary/aromatic N) is 1. The van der Waals surface area contributed by atoms with Crippen molar-refractivity contribution < 1.29 is 0 Å². The van der Waals surface area contributed by atoms with Gasteiger partial charge in [-0.3, -0.25) is 0 Å². The summed E-state index contributed by atoms with van der Waals surface area (Å²) in [5.41, 5.74) is 26.0. The van der Waals surface area contributed by atoms with Crippen LogP contribution in [0.1, 0.15) is 44.5 Å². The highest BCUT2D eigenvalue weighted by molar-refractivity contribution is 6.14. The average molecular weight is 808 g/mol. The molecule has 4 aliphatic carbocycles. The maximum absolute atomic E-state index is 5.58. The van der Waals surface area contributed by atoms with Crippen LogP contribution in [0.25, 0.3) is 88.6 Å². The summed E-state index contributed by atoms with van der Waals surface area (Å²) in [6.45, 7) is 0. The Bertz CT molecular complexity index is 3760. The molecule has 11 aromatic rings. The van der Waals surface area contributed by atoms with E-state index in [0.29, 0.717) is 0 Å². The van der Waals surface area contributed by atoms with Crippen LogP contribution in [-0.2, 0) is 10.8 Å². The lowest BCUT2D eigenvalue weighted by molar-refractivity contribution is 0.794. The summed E-state index contributed by atoms with van der Waals surface area (Å²) in [5.74, 6) is 0. The van der Waals surface area contributed by atoms with E-state index in [1.54, 1.807) is 0 Å². The van der Waals surface area contributed by atoms with Gasteiger partial charge >= 0.3 is 0 Å². The van der Waals surface area contributed by atoms with Crippen LogP contribution >= 0.6 is 0 Å². The Hall–Kier alpha value is -8.13. The van der Waals surface area contributed by atoms with Gasteiger partial charge in [0.15, 0.2) is 0 Å². The highest BCUT2D eigenvalue weighted by Crippen LogP contribution is 2.65. The second-order valence-corrected chi connectivity index (χ2v) is 18.0. The van der Waals surface area contributed by atoms with E-state index in [2.05, 4.69) is 224 Å². The molecule has 1 nitrogen and oxygen atoms in total. The van der Waals surface area contributed by atoms with Gasteiger partial charge in [-0.15, -0.1) is 0 Å². The quantitative estimate of drug-likeness (QED) is 0.159. The van der Waals surface area contributed by atoms with Crippen LogP contribution in [0, 0.1) is 0 Å². The van der Waals surface area contributed by atoms with Gasteiger partial charge in [-0.25, -0.2) is 4.98 Å². The van der Waals surface area contributed by atoms with Gasteiger partial charge in [0.1, 0.15) is 0 Å². The molecule has 0 N–H and O–H groups in total. The Morgan fingerprint density at radius 1 is 0.234 bits per heavy atom. The third-order valence-corrected chi connectivity index (χ3v) is 15.3. The van der Waals surface area contributed by atoms with Crippen molar-refractivity contribution in [1.29, 1.82) is 0 Å². The zero-order valence-electron chi connectivity index (χ0n) is 34.8. The molecule has 1 aromatic heterocycles. The first-order valence-corrected chi connectivity index (χ1v) is 22.5. The summed E-state index contributed by atoms with van der Waals surface area (Å²) < 4.78 is 0. The monoisotopic (exact) mass is 807 g/mol. The van der Waals surface area contributed by atoms with Crippen LogP contribution in [0.4, 0.5) is 0 Å². The fourth-order valence-electron chi connectivity index (χ4n) is 12.9. The molecule has 0 atom stereocenters. The Balaban J connectivity index is 0.968. The van der Waals surface area contributed by atoms with Gasteiger partial charge in [-0.2, -0.15) is 0 Å². The minimum atomic E-state index is -0.437. The molecule has 0 fully saturated rings. The van der Waals surface area contributed by atoms with Crippen LogP contribution in [0.2, 0.25) is 0 Å². The van der Waals surface area contributed by atoms with Crippen LogP contribution in [0.15, 0.2) is 224 Å². The summed E-state index contributed by atoms with van der Waals surface area (Å²) in [5, 5.41) is 3.57. The largest absolute Gasteiger partial charge is 0.247 e. The number of fused-ring (bicyclic) bond motifs is 23. The molecule has 1 heteroatoms. The molecular formula is C63H37N. The zero-order chi connectivity index (χ0) is 41.7. The third kappa shape index (κ3) is 4.09. The number of pyridine rings is 1. The van der Waals surface area contributed by atoms with Crippen molar-refractivity contribution in [2.24, 2.45) is 0 Å². The third-order valence-electron chi connectivity index (χ3n) is 15.3. The molecular weight excluding hydrogens is 771 g/mol. The Morgan fingerprint density at radius 3 is 1.17 bits per heavy atom. The van der Waals surface area contributed by atoms with Gasteiger partial charge < -0.3 is 0 Å². The number of para-hydroxylation sites is 1. The molecule has 0 radical (unpaired) electrons. The first-order valence-electron chi connectivity index (χ1n) is 22.5. The highest BCUT2D eigenvalue weighted by Gasteiger charge is 2.53. The van der Waals surface area contributed by atoms with E-state index in [9.17, 15) is 0 Å². The molecule has 10 aromatic carbocycles. The van der Waals surface area contributed by atoms with Gasteiger partial charge in [-0.05, 0) is 136 Å². The van der Waals surface area contributed by atoms with Crippen molar-refractivity contribution in [2.75, 3.05) is 0 Å². The van der Waals surface area contributed by atoms with Crippen LogP contribution < -0.4 is 0 Å². The van der Waals surface area contributed by atoms with E-state index in [0.717, 1.165) is 16.8 Å². The molecule has 0 unspecified atom stereocenters. The molecule has 294 valence electrons. The maximum Gasteiger partial charge on any atom is 0.0788 e. The zero-order valence-corrected chi connectivity index (χ0v) is 34.8. The lowest BCUT2D eigenvalue weighted by Crippen LogP contribution is -2.25. The van der Waals surface area contributed by atoms with Crippen molar-refractivity contribution >= 4 is 21.7 Å². The van der Waals surface area contributed by atoms with Gasteiger partial charge in [-0.1, -0.05) is 194 Å². The smallest absolute Gasteiger partial charge is 0.0788 e. The van der Waals surface area contributed by atoms with E-state index in [4.69, 9.17) is 4.98 Å². The molecule has 0 amide bonds. The second kappa shape index (κ2) is 12.3. The van der Waals surface area contributed by atoms with Crippen molar-refractivity contribution in [3.63, 3.8) is 0 Å². The molecule has 4 aliphatic rings. The Kier molecular flexibility index (Phi) is 6.61. The van der Waals surface area contributed by atoms with Gasteiger partial charge in [0.25, 0.3) is 0 Å². The van der Waals surface area contributed by atoms with Crippen molar-refractivity contribution in [2.45, 2.75) is 10.8 Å². The Labute approximate surface area is 371 Å². The van der Waals surface area contributed by atoms with E-state index in [-0.39, 0.29) is 0 Å². The van der Waals surface area contributed by atoms with E-state index in [1.165, 1.54) is 116 Å². The maximum atomic E-state index is 5.58. The molecule has 0 saturated carbocycles. The van der Waals surface area contributed by atoms with Crippen molar-refractivity contribution in [1.82, 2.24) is 4.98 Å². The van der Waals surface area contributed by atoms with E-state index < -0.39 is 10.8 Å². The normalized spacial score (nSPS) is 14.5. The molecule has 64 heavy (non-hydrogen) atoms. The van der Waals surface area contributed by atoms with Crippen molar-refractivity contribution in [3.05, 3.63) is 269 Å². The summed E-state index contributed by atoms with van der Waals surface area (Å²) in [6, 6.07) is 84.4. The average Bonchev–Trinajstić information content (AvgIpc) is 4.04. The standard InChI is InChI=1S/C63H37N/c1-8-25-52-41(18-1)42-19-2-9-26-53(42)62(52)56-29-12-5-22-45(56)47-33-32-39(35-58(47)62)38-16-15-17-40(34-38)61-51-37-59-50(36-49(51)48-24-7-14-31-60(48)64-61)46-23-6-13-30-57(46)63(59)54-27-10-3-20-43(54)44-21-4-11-28-55(44)63/h1-37H. The van der Waals surface area contributed by atoms with Gasteiger partial charge in [0.05, 0.1) is 22.0 Å². The summed E-state index contributed by atoms with van der Waals surface area (Å²) in [6.07, 6.45) is 0. The summed E-state index contributed by atoms with van der Waals surface area (Å²) in [4.78, 5) is 5.58.